The number of hydrogen-bond donors (Lipinski definition) is 0. The van der Waals surface area contributed by atoms with Gasteiger partial charge in [-0.05, 0) is 42.7 Å². The van der Waals surface area contributed by atoms with Crippen molar-refractivity contribution in [1.82, 2.24) is 0 Å². The van der Waals surface area contributed by atoms with Gasteiger partial charge in [-0.1, -0.05) is 24.3 Å². The van der Waals surface area contributed by atoms with Crippen LogP contribution in [0.5, 0.6) is 0 Å². The molecular weight excluding hydrogens is 358 g/mol. The molecule has 0 bridgehead atoms. The quantitative estimate of drug-likeness (QED) is 0.820. The Morgan fingerprint density at radius 1 is 0.960 bits per heavy atom. The lowest BCUT2D eigenvalue weighted by Gasteiger charge is -2.38. The minimum Gasteiger partial charge on any atom is -0.363 e. The van der Waals surface area contributed by atoms with E-state index in [-0.39, 0.29) is 15.8 Å². The first kappa shape index (κ1) is 17.9. The molecule has 1 aliphatic heterocycles. The molecule has 1 aliphatic rings. The minimum absolute atomic E-state index is 0.00883. The molecule has 134 valence electrons. The summed E-state index contributed by atoms with van der Waals surface area (Å²) in [5.74, 6) is 0. The van der Waals surface area contributed by atoms with Crippen LogP contribution >= 0.6 is 0 Å². The van der Waals surface area contributed by atoms with Crippen LogP contribution in [0.4, 0.5) is 5.69 Å². The number of sulfone groups is 2. The Kier molecular flexibility index (Phi) is 4.41. The number of fused-ring (bicyclic) bond motifs is 1. The first-order valence-corrected chi connectivity index (χ1v) is 11.8. The van der Waals surface area contributed by atoms with Crippen LogP contribution in [-0.2, 0) is 26.1 Å². The van der Waals surface area contributed by atoms with E-state index in [0.29, 0.717) is 12.2 Å². The van der Waals surface area contributed by atoms with Gasteiger partial charge in [-0.2, -0.15) is 0 Å². The zero-order chi connectivity index (χ0) is 18.4. The maximum absolute atomic E-state index is 12.3. The van der Waals surface area contributed by atoms with Crippen molar-refractivity contribution in [3.05, 3.63) is 53.6 Å². The van der Waals surface area contributed by atoms with Crippen LogP contribution in [0.2, 0.25) is 0 Å². The zero-order valence-corrected chi connectivity index (χ0v) is 16.1. The predicted molar refractivity (Wildman–Crippen MR) is 98.6 cm³/mol. The summed E-state index contributed by atoms with van der Waals surface area (Å²) in [6.07, 6.45) is 3.01. The summed E-state index contributed by atoms with van der Waals surface area (Å²) in [7, 11) is -7.05. The molecule has 25 heavy (non-hydrogen) atoms. The van der Waals surface area contributed by atoms with E-state index in [1.54, 1.807) is 6.07 Å². The number of rotatable bonds is 3. The largest absolute Gasteiger partial charge is 0.363 e. The second kappa shape index (κ2) is 6.14. The third kappa shape index (κ3) is 3.43. The van der Waals surface area contributed by atoms with E-state index in [1.165, 1.54) is 23.3 Å². The fourth-order valence-electron chi connectivity index (χ4n) is 3.36. The van der Waals surface area contributed by atoms with Crippen LogP contribution in [0, 0.1) is 0 Å². The van der Waals surface area contributed by atoms with Gasteiger partial charge in [0.05, 0.1) is 21.5 Å². The summed E-state index contributed by atoms with van der Waals surface area (Å²) in [4.78, 5) is 2.11. The van der Waals surface area contributed by atoms with Crippen molar-refractivity contribution in [3.63, 3.8) is 0 Å². The van der Waals surface area contributed by atoms with Crippen LogP contribution in [-0.4, -0.2) is 35.9 Å². The van der Waals surface area contributed by atoms with Gasteiger partial charge in [-0.25, -0.2) is 16.8 Å². The molecule has 0 saturated heterocycles. The van der Waals surface area contributed by atoms with Crippen LogP contribution in [0.3, 0.4) is 0 Å². The van der Waals surface area contributed by atoms with Gasteiger partial charge >= 0.3 is 0 Å². The Bertz CT molecular complexity index is 1030. The lowest BCUT2D eigenvalue weighted by molar-refractivity contribution is 0.594. The van der Waals surface area contributed by atoms with Gasteiger partial charge in [0.1, 0.15) is 0 Å². The SMILES string of the molecule is CC1c2ccccc2CCN1c1ccc(S(C)(=O)=O)cc1S(C)(=O)=O. The summed E-state index contributed by atoms with van der Waals surface area (Å²) in [5, 5.41) is 0. The van der Waals surface area contributed by atoms with Gasteiger partial charge in [-0.3, -0.25) is 0 Å². The first-order chi connectivity index (χ1) is 11.6. The van der Waals surface area contributed by atoms with Crippen molar-refractivity contribution in [2.24, 2.45) is 0 Å². The lowest BCUT2D eigenvalue weighted by atomic mass is 9.93. The minimum atomic E-state index is -3.57. The first-order valence-electron chi connectivity index (χ1n) is 7.97. The standard InChI is InChI=1S/C18H21NO4S2/c1-13-16-7-5-4-6-14(16)10-11-19(13)17-9-8-15(24(2,20)21)12-18(17)25(3,22)23/h4-9,12-13H,10-11H2,1-3H3. The van der Waals surface area contributed by atoms with E-state index in [9.17, 15) is 16.8 Å². The molecular formula is C18H21NO4S2. The van der Waals surface area contributed by atoms with Crippen LogP contribution in [0.15, 0.2) is 52.3 Å². The fraction of sp³-hybridized carbons (Fsp3) is 0.333. The topological polar surface area (TPSA) is 71.5 Å². The molecule has 2 aromatic rings. The summed E-state index contributed by atoms with van der Waals surface area (Å²) < 4.78 is 48.3. The van der Waals surface area contributed by atoms with Gasteiger partial charge in [0.25, 0.3) is 0 Å². The number of hydrogen-bond acceptors (Lipinski definition) is 5. The van der Waals surface area contributed by atoms with Gasteiger partial charge in [0, 0.05) is 19.1 Å². The second-order valence-electron chi connectivity index (χ2n) is 6.49. The van der Waals surface area contributed by atoms with E-state index in [2.05, 4.69) is 12.1 Å². The molecule has 0 aromatic heterocycles. The van der Waals surface area contributed by atoms with E-state index >= 15 is 0 Å². The molecule has 1 unspecified atom stereocenters. The molecule has 3 rings (SSSR count). The second-order valence-corrected chi connectivity index (χ2v) is 10.5. The van der Waals surface area contributed by atoms with Crippen molar-refractivity contribution in [1.29, 1.82) is 0 Å². The number of benzene rings is 2. The molecule has 5 nitrogen and oxygen atoms in total. The molecule has 0 fully saturated rings. The predicted octanol–water partition coefficient (Wildman–Crippen LogP) is 2.62. The van der Waals surface area contributed by atoms with Gasteiger partial charge < -0.3 is 4.90 Å². The smallest absolute Gasteiger partial charge is 0.177 e. The van der Waals surface area contributed by atoms with Crippen LogP contribution < -0.4 is 4.90 Å². The molecule has 2 aromatic carbocycles. The Labute approximate surface area is 149 Å². The highest BCUT2D eigenvalue weighted by molar-refractivity contribution is 7.91. The number of nitrogens with zero attached hydrogens (tertiary/aromatic N) is 1. The van der Waals surface area contributed by atoms with Gasteiger partial charge in [0.2, 0.25) is 0 Å². The van der Waals surface area contributed by atoms with E-state index < -0.39 is 19.7 Å². The average Bonchev–Trinajstić information content (AvgIpc) is 2.53. The van der Waals surface area contributed by atoms with E-state index in [4.69, 9.17) is 0 Å². The molecule has 0 amide bonds. The average molecular weight is 380 g/mol. The van der Waals surface area contributed by atoms with Crippen molar-refractivity contribution in [2.75, 3.05) is 24.0 Å². The summed E-state index contributed by atoms with van der Waals surface area (Å²) in [5.41, 5.74) is 2.98. The third-order valence-electron chi connectivity index (χ3n) is 4.66. The summed E-state index contributed by atoms with van der Waals surface area (Å²) >= 11 is 0. The fourth-order valence-corrected chi connectivity index (χ4v) is 4.99. The third-order valence-corrected chi connectivity index (χ3v) is 6.90. The highest BCUT2D eigenvalue weighted by atomic mass is 32.2. The van der Waals surface area contributed by atoms with Gasteiger partial charge in [-0.15, -0.1) is 0 Å². The molecule has 1 heterocycles. The Morgan fingerprint density at radius 2 is 1.64 bits per heavy atom. The molecule has 0 N–H and O–H groups in total. The summed E-state index contributed by atoms with van der Waals surface area (Å²) in [6, 6.07) is 12.5. The normalized spacial score (nSPS) is 18.0. The van der Waals surface area contributed by atoms with Crippen molar-refractivity contribution < 1.29 is 16.8 Å². The Morgan fingerprint density at radius 3 is 2.28 bits per heavy atom. The van der Waals surface area contributed by atoms with Crippen molar-refractivity contribution >= 4 is 25.4 Å². The molecule has 7 heteroatoms. The Balaban J connectivity index is 2.15. The molecule has 0 spiro atoms. The van der Waals surface area contributed by atoms with Crippen LogP contribution in [0.25, 0.3) is 0 Å². The van der Waals surface area contributed by atoms with Gasteiger partial charge in [0.15, 0.2) is 19.7 Å². The maximum Gasteiger partial charge on any atom is 0.177 e. The monoisotopic (exact) mass is 379 g/mol. The van der Waals surface area contributed by atoms with E-state index in [1.807, 2.05) is 24.0 Å². The molecule has 0 radical (unpaired) electrons. The molecule has 1 atom stereocenters. The maximum atomic E-state index is 12.3. The van der Waals surface area contributed by atoms with Crippen molar-refractivity contribution in [2.45, 2.75) is 29.2 Å². The zero-order valence-electron chi connectivity index (χ0n) is 14.4. The molecule has 0 aliphatic carbocycles. The lowest BCUT2D eigenvalue weighted by Crippen LogP contribution is -2.34. The highest BCUT2D eigenvalue weighted by Gasteiger charge is 2.28. The van der Waals surface area contributed by atoms with E-state index in [0.717, 1.165) is 18.9 Å². The highest BCUT2D eigenvalue weighted by Crippen LogP contribution is 2.37. The van der Waals surface area contributed by atoms with Crippen molar-refractivity contribution in [3.8, 4) is 0 Å². The molecule has 0 saturated carbocycles. The van der Waals surface area contributed by atoms with Crippen LogP contribution in [0.1, 0.15) is 24.1 Å². The Hall–Kier alpha value is -1.86. The number of anilines is 1. The summed E-state index contributed by atoms with van der Waals surface area (Å²) in [6.45, 7) is 2.72.